The van der Waals surface area contributed by atoms with Gasteiger partial charge in [0.1, 0.15) is 6.29 Å². The zero-order chi connectivity index (χ0) is 17.7. The van der Waals surface area contributed by atoms with Crippen LogP contribution in [0.25, 0.3) is 0 Å². The Bertz CT molecular complexity index is 592. The number of carbonyl (C=O) groups is 3. The molecule has 1 aliphatic carbocycles. The molecule has 0 spiro atoms. The second kappa shape index (κ2) is 7.92. The minimum absolute atomic E-state index is 0.165. The lowest BCUT2D eigenvalue weighted by atomic mass is 9.71. The molecule has 2 rings (SSSR count). The Labute approximate surface area is 149 Å². The van der Waals surface area contributed by atoms with Crippen molar-refractivity contribution in [2.75, 3.05) is 13.2 Å². The lowest BCUT2D eigenvalue weighted by Crippen LogP contribution is -2.45. The number of rotatable bonds is 6. The number of hydrogen-bond donors (Lipinski definition) is 0. The van der Waals surface area contributed by atoms with Crippen molar-refractivity contribution in [2.24, 2.45) is 11.3 Å². The number of ether oxygens (including phenoxy) is 2. The van der Waals surface area contributed by atoms with E-state index in [2.05, 4.69) is 15.9 Å². The van der Waals surface area contributed by atoms with Crippen molar-refractivity contribution in [3.63, 3.8) is 0 Å². The van der Waals surface area contributed by atoms with Gasteiger partial charge in [-0.3, -0.25) is 9.59 Å². The van der Waals surface area contributed by atoms with E-state index >= 15 is 0 Å². The third kappa shape index (κ3) is 3.24. The average Bonchev–Trinajstić information content (AvgIpc) is 2.96. The molecule has 1 aromatic rings. The van der Waals surface area contributed by atoms with E-state index in [4.69, 9.17) is 9.47 Å². The van der Waals surface area contributed by atoms with Gasteiger partial charge < -0.3 is 14.3 Å². The van der Waals surface area contributed by atoms with Crippen LogP contribution in [0.15, 0.2) is 28.7 Å². The van der Waals surface area contributed by atoms with Gasteiger partial charge in [0.15, 0.2) is 5.41 Å². The molecule has 24 heavy (non-hydrogen) atoms. The fourth-order valence-corrected chi connectivity index (χ4v) is 3.76. The van der Waals surface area contributed by atoms with Crippen LogP contribution in [0.3, 0.4) is 0 Å². The summed E-state index contributed by atoms with van der Waals surface area (Å²) in [5.41, 5.74) is -0.709. The van der Waals surface area contributed by atoms with Crippen molar-refractivity contribution in [1.29, 1.82) is 0 Å². The van der Waals surface area contributed by atoms with E-state index in [1.54, 1.807) is 13.8 Å². The monoisotopic (exact) mass is 396 g/mol. The molecule has 1 aromatic carbocycles. The van der Waals surface area contributed by atoms with E-state index in [1.165, 1.54) is 0 Å². The lowest BCUT2D eigenvalue weighted by molar-refractivity contribution is -0.173. The largest absolute Gasteiger partial charge is 0.465 e. The first kappa shape index (κ1) is 18.6. The first-order valence-corrected chi connectivity index (χ1v) is 8.85. The van der Waals surface area contributed by atoms with Gasteiger partial charge in [0.05, 0.1) is 13.2 Å². The first-order valence-electron chi connectivity index (χ1n) is 8.06. The van der Waals surface area contributed by atoms with Gasteiger partial charge in [0, 0.05) is 16.3 Å². The summed E-state index contributed by atoms with van der Waals surface area (Å²) in [4.78, 5) is 37.1. The van der Waals surface area contributed by atoms with Gasteiger partial charge in [-0.2, -0.15) is 0 Å². The van der Waals surface area contributed by atoms with Crippen LogP contribution in [0, 0.1) is 11.3 Å². The van der Waals surface area contributed by atoms with Crippen molar-refractivity contribution in [3.8, 4) is 0 Å². The second-order valence-corrected chi connectivity index (χ2v) is 6.70. The average molecular weight is 397 g/mol. The molecular formula is C18H21BrO5. The highest BCUT2D eigenvalue weighted by Gasteiger charge is 2.61. The number of hydrogen-bond acceptors (Lipinski definition) is 5. The molecule has 0 radical (unpaired) electrons. The number of benzene rings is 1. The van der Waals surface area contributed by atoms with Crippen LogP contribution in [0.2, 0.25) is 0 Å². The summed E-state index contributed by atoms with van der Waals surface area (Å²) in [6, 6.07) is 7.31. The third-order valence-corrected chi connectivity index (χ3v) is 5.04. The predicted molar refractivity (Wildman–Crippen MR) is 91.4 cm³/mol. The molecule has 0 unspecified atom stereocenters. The SMILES string of the molecule is CCOC(=O)C1(C(=O)OCC)CC[C@H](C=O)[C@H]1c1ccc(Br)cc1. The highest BCUT2D eigenvalue weighted by molar-refractivity contribution is 9.10. The van der Waals surface area contributed by atoms with Crippen LogP contribution in [0.5, 0.6) is 0 Å². The molecular weight excluding hydrogens is 376 g/mol. The standard InChI is InChI=1S/C18H21BrO5/c1-3-23-16(21)18(17(22)24-4-2)10-9-13(11-20)15(18)12-5-7-14(19)8-6-12/h5-8,11,13,15H,3-4,9-10H2,1-2H3/t13-,15-/m1/s1. The Balaban J connectivity index is 2.56. The Hall–Kier alpha value is -1.69. The summed E-state index contributed by atoms with van der Waals surface area (Å²) >= 11 is 3.37. The number of carbonyl (C=O) groups excluding carboxylic acids is 3. The Morgan fingerprint density at radius 1 is 1.17 bits per heavy atom. The smallest absolute Gasteiger partial charge is 0.324 e. The number of esters is 2. The molecule has 0 heterocycles. The van der Waals surface area contributed by atoms with E-state index in [0.717, 1.165) is 16.3 Å². The summed E-state index contributed by atoms with van der Waals surface area (Å²) in [6.07, 6.45) is 1.52. The molecule has 1 fully saturated rings. The molecule has 0 aliphatic heterocycles. The summed E-state index contributed by atoms with van der Waals surface area (Å²) in [5.74, 6) is -2.23. The summed E-state index contributed by atoms with van der Waals surface area (Å²) in [7, 11) is 0. The molecule has 0 amide bonds. The van der Waals surface area contributed by atoms with Gasteiger partial charge in [-0.05, 0) is 44.4 Å². The van der Waals surface area contributed by atoms with Gasteiger partial charge in [-0.1, -0.05) is 28.1 Å². The van der Waals surface area contributed by atoms with Crippen LogP contribution < -0.4 is 0 Å². The van der Waals surface area contributed by atoms with Crippen molar-refractivity contribution < 1.29 is 23.9 Å². The van der Waals surface area contributed by atoms with Gasteiger partial charge in [-0.15, -0.1) is 0 Å². The minimum Gasteiger partial charge on any atom is -0.465 e. The molecule has 0 aromatic heterocycles. The predicted octanol–water partition coefficient (Wildman–Crippen LogP) is 3.25. The highest BCUT2D eigenvalue weighted by atomic mass is 79.9. The van der Waals surface area contributed by atoms with Gasteiger partial charge in [0.2, 0.25) is 0 Å². The molecule has 0 bridgehead atoms. The van der Waals surface area contributed by atoms with Crippen LogP contribution in [0.4, 0.5) is 0 Å². The summed E-state index contributed by atoms with van der Waals surface area (Å²) in [6.45, 7) is 3.71. The molecule has 130 valence electrons. The molecule has 0 N–H and O–H groups in total. The fraction of sp³-hybridized carbons (Fsp3) is 0.500. The van der Waals surface area contributed by atoms with E-state index in [0.29, 0.717) is 6.42 Å². The molecule has 5 nitrogen and oxygen atoms in total. The van der Waals surface area contributed by atoms with E-state index in [-0.39, 0.29) is 19.6 Å². The molecule has 6 heteroatoms. The normalized spacial score (nSPS) is 22.0. The van der Waals surface area contributed by atoms with Gasteiger partial charge >= 0.3 is 11.9 Å². The maximum atomic E-state index is 12.7. The van der Waals surface area contributed by atoms with Crippen molar-refractivity contribution >= 4 is 34.2 Å². The molecule has 2 atom stereocenters. The van der Waals surface area contributed by atoms with Crippen LogP contribution in [0.1, 0.15) is 38.2 Å². The fourth-order valence-electron chi connectivity index (χ4n) is 3.49. The Morgan fingerprint density at radius 2 is 1.71 bits per heavy atom. The summed E-state index contributed by atoms with van der Waals surface area (Å²) < 4.78 is 11.3. The van der Waals surface area contributed by atoms with Crippen molar-refractivity contribution in [1.82, 2.24) is 0 Å². The van der Waals surface area contributed by atoms with E-state index in [1.807, 2.05) is 24.3 Å². The van der Waals surface area contributed by atoms with Gasteiger partial charge in [0.25, 0.3) is 0 Å². The third-order valence-electron chi connectivity index (χ3n) is 4.51. The molecule has 1 saturated carbocycles. The van der Waals surface area contributed by atoms with Gasteiger partial charge in [-0.25, -0.2) is 0 Å². The second-order valence-electron chi connectivity index (χ2n) is 5.78. The topological polar surface area (TPSA) is 69.7 Å². The highest BCUT2D eigenvalue weighted by Crippen LogP contribution is 2.54. The minimum atomic E-state index is -1.47. The first-order chi connectivity index (χ1) is 11.5. The zero-order valence-corrected chi connectivity index (χ0v) is 15.4. The zero-order valence-electron chi connectivity index (χ0n) is 13.8. The van der Waals surface area contributed by atoms with Crippen LogP contribution in [-0.2, 0) is 23.9 Å². The molecule has 0 saturated heterocycles. The molecule has 1 aliphatic rings. The number of aldehydes is 1. The van der Waals surface area contributed by atoms with E-state index < -0.39 is 29.2 Å². The van der Waals surface area contributed by atoms with Crippen LogP contribution >= 0.6 is 15.9 Å². The van der Waals surface area contributed by atoms with Crippen molar-refractivity contribution in [3.05, 3.63) is 34.3 Å². The maximum absolute atomic E-state index is 12.7. The van der Waals surface area contributed by atoms with Crippen molar-refractivity contribution in [2.45, 2.75) is 32.6 Å². The Kier molecular flexibility index (Phi) is 6.15. The van der Waals surface area contributed by atoms with Crippen LogP contribution in [-0.4, -0.2) is 31.4 Å². The number of halogens is 1. The lowest BCUT2D eigenvalue weighted by Gasteiger charge is -2.32. The Morgan fingerprint density at radius 3 is 2.17 bits per heavy atom. The maximum Gasteiger partial charge on any atom is 0.324 e. The summed E-state index contributed by atoms with van der Waals surface area (Å²) in [5, 5.41) is 0. The quantitative estimate of drug-likeness (QED) is 0.419. The van der Waals surface area contributed by atoms with E-state index in [9.17, 15) is 14.4 Å².